The zero-order valence-corrected chi connectivity index (χ0v) is 15.7. The van der Waals surface area contributed by atoms with Crippen molar-refractivity contribution in [3.05, 3.63) is 58.5 Å². The second-order valence-electron chi connectivity index (χ2n) is 6.25. The zero-order chi connectivity index (χ0) is 19.1. The quantitative estimate of drug-likeness (QED) is 0.474. The van der Waals surface area contributed by atoms with Crippen molar-refractivity contribution in [3.63, 3.8) is 0 Å². The average Bonchev–Trinajstić information content (AvgIpc) is 3.22. The Labute approximate surface area is 162 Å². The second kappa shape index (κ2) is 9.55. The minimum absolute atomic E-state index is 0.00607. The van der Waals surface area contributed by atoms with Crippen LogP contribution in [0.25, 0.3) is 0 Å². The molecule has 0 saturated carbocycles. The lowest BCUT2D eigenvalue weighted by molar-refractivity contribution is -0.143. The van der Waals surface area contributed by atoms with Crippen molar-refractivity contribution in [2.24, 2.45) is 0 Å². The van der Waals surface area contributed by atoms with Crippen LogP contribution in [0.3, 0.4) is 0 Å². The summed E-state index contributed by atoms with van der Waals surface area (Å²) < 4.78 is 11.5. The Morgan fingerprint density at radius 1 is 1.30 bits per heavy atom. The summed E-state index contributed by atoms with van der Waals surface area (Å²) in [6, 6.07) is 8.57. The smallest absolute Gasteiger partial charge is 0.290 e. The number of unbranched alkanes of at least 4 members (excludes halogenated alkanes) is 1. The van der Waals surface area contributed by atoms with Crippen molar-refractivity contribution in [3.8, 4) is 5.75 Å². The van der Waals surface area contributed by atoms with E-state index in [4.69, 9.17) is 14.6 Å². The first-order valence-corrected chi connectivity index (χ1v) is 9.84. The third-order valence-electron chi connectivity index (χ3n) is 4.26. The molecule has 0 saturated heterocycles. The number of phenols is 1. The Kier molecular flexibility index (Phi) is 6.86. The van der Waals surface area contributed by atoms with Crippen LogP contribution in [0.1, 0.15) is 30.7 Å². The van der Waals surface area contributed by atoms with Crippen LogP contribution in [0.15, 0.2) is 52.9 Å². The van der Waals surface area contributed by atoms with Crippen LogP contribution in [-0.2, 0) is 14.3 Å². The van der Waals surface area contributed by atoms with Gasteiger partial charge in [-0.3, -0.25) is 4.79 Å². The van der Waals surface area contributed by atoms with E-state index in [0.717, 1.165) is 12.0 Å². The molecular weight excluding hydrogens is 366 g/mol. The number of aromatic hydroxyl groups is 1. The van der Waals surface area contributed by atoms with Crippen LogP contribution in [-0.4, -0.2) is 35.6 Å². The number of anilines is 1. The number of aliphatic hydroxyl groups excluding tert-OH is 1. The van der Waals surface area contributed by atoms with E-state index in [0.29, 0.717) is 25.1 Å². The Hall–Kier alpha value is -2.35. The molecule has 2 atom stereocenters. The van der Waals surface area contributed by atoms with Gasteiger partial charge in [-0.1, -0.05) is 12.1 Å². The van der Waals surface area contributed by atoms with Crippen LogP contribution in [0.4, 0.5) is 5.69 Å². The minimum atomic E-state index is -0.538. The van der Waals surface area contributed by atoms with E-state index in [-0.39, 0.29) is 24.0 Å². The van der Waals surface area contributed by atoms with E-state index >= 15 is 0 Å². The molecule has 6 nitrogen and oxygen atoms in total. The molecule has 2 heterocycles. The highest BCUT2D eigenvalue weighted by atomic mass is 32.1. The predicted molar refractivity (Wildman–Crippen MR) is 104 cm³/mol. The number of amides is 1. The fourth-order valence-electron chi connectivity index (χ4n) is 2.83. The van der Waals surface area contributed by atoms with Gasteiger partial charge in [0.05, 0.1) is 12.3 Å². The van der Waals surface area contributed by atoms with Crippen molar-refractivity contribution >= 4 is 22.9 Å². The number of nitrogens with one attached hydrogen (secondary N) is 1. The normalized spacial score (nSPS) is 19.2. The number of hydrogen-bond donors (Lipinski definition) is 3. The molecule has 0 spiro atoms. The minimum Gasteiger partial charge on any atom is -0.506 e. The molecule has 1 aromatic carbocycles. The molecule has 7 heteroatoms. The van der Waals surface area contributed by atoms with Gasteiger partial charge in [-0.05, 0) is 53.4 Å². The van der Waals surface area contributed by atoms with Crippen molar-refractivity contribution in [2.75, 3.05) is 18.5 Å². The molecule has 1 aliphatic heterocycles. The van der Waals surface area contributed by atoms with Gasteiger partial charge in [-0.25, -0.2) is 0 Å². The summed E-state index contributed by atoms with van der Waals surface area (Å²) in [6.45, 7) is 0.580. The van der Waals surface area contributed by atoms with Gasteiger partial charge in [-0.2, -0.15) is 11.3 Å². The van der Waals surface area contributed by atoms with E-state index in [1.54, 1.807) is 35.6 Å². The number of phenolic OH excluding ortho intramolecular Hbond substituents is 1. The van der Waals surface area contributed by atoms with Gasteiger partial charge in [-0.15, -0.1) is 0 Å². The number of hydrogen-bond acceptors (Lipinski definition) is 6. The largest absolute Gasteiger partial charge is 0.506 e. The molecule has 0 aliphatic carbocycles. The molecule has 2 aromatic rings. The predicted octanol–water partition coefficient (Wildman–Crippen LogP) is 3.60. The first-order valence-electron chi connectivity index (χ1n) is 8.89. The van der Waals surface area contributed by atoms with Crippen LogP contribution in [0, 0.1) is 0 Å². The van der Waals surface area contributed by atoms with Crippen LogP contribution in [0.2, 0.25) is 0 Å². The molecule has 2 unspecified atom stereocenters. The third-order valence-corrected chi connectivity index (χ3v) is 4.96. The molecule has 1 aromatic heterocycles. The van der Waals surface area contributed by atoms with Gasteiger partial charge in [0, 0.05) is 18.9 Å². The first-order chi connectivity index (χ1) is 13.2. The summed E-state index contributed by atoms with van der Waals surface area (Å²) in [7, 11) is 0. The van der Waals surface area contributed by atoms with E-state index in [2.05, 4.69) is 5.32 Å². The van der Waals surface area contributed by atoms with Gasteiger partial charge in [0.15, 0.2) is 5.76 Å². The zero-order valence-electron chi connectivity index (χ0n) is 14.8. The molecule has 0 fully saturated rings. The van der Waals surface area contributed by atoms with Gasteiger partial charge in [0.25, 0.3) is 5.91 Å². The standard InChI is InChI=1S/C20H23NO5S/c22-8-3-4-9-25-19-12-15(14-7-10-27-13-14)11-18(26-19)20(24)21-16-5-1-2-6-17(16)23/h1-2,5-7,10-11,13,15,19,22-23H,3-4,8-9,12H2,(H,21,24). The molecule has 1 aliphatic rings. The summed E-state index contributed by atoms with van der Waals surface area (Å²) in [4.78, 5) is 12.7. The van der Waals surface area contributed by atoms with Gasteiger partial charge in [0.1, 0.15) is 5.75 Å². The number of rotatable bonds is 8. The Balaban J connectivity index is 1.72. The van der Waals surface area contributed by atoms with E-state index in [9.17, 15) is 9.90 Å². The molecule has 0 bridgehead atoms. The first kappa shape index (κ1) is 19.4. The average molecular weight is 389 g/mol. The summed E-state index contributed by atoms with van der Waals surface area (Å²) in [5, 5.41) is 25.5. The SMILES string of the molecule is O=C(Nc1ccccc1O)C1=CC(c2ccsc2)CC(OCCCCO)O1. The topological polar surface area (TPSA) is 88.0 Å². The third kappa shape index (κ3) is 5.32. The molecule has 0 radical (unpaired) electrons. The van der Waals surface area contributed by atoms with Crippen molar-refractivity contribution in [1.82, 2.24) is 0 Å². The fourth-order valence-corrected chi connectivity index (χ4v) is 3.55. The fraction of sp³-hybridized carbons (Fsp3) is 0.350. The van der Waals surface area contributed by atoms with E-state index < -0.39 is 12.2 Å². The number of ether oxygens (including phenoxy) is 2. The Morgan fingerprint density at radius 2 is 2.15 bits per heavy atom. The lowest BCUT2D eigenvalue weighted by Gasteiger charge is -2.29. The lowest BCUT2D eigenvalue weighted by Crippen LogP contribution is -2.29. The van der Waals surface area contributed by atoms with Crippen molar-refractivity contribution in [2.45, 2.75) is 31.5 Å². The summed E-state index contributed by atoms with van der Waals surface area (Å²) in [5.74, 6) is -0.250. The Morgan fingerprint density at radius 3 is 2.89 bits per heavy atom. The highest BCUT2D eigenvalue weighted by Gasteiger charge is 2.29. The molecule has 3 rings (SSSR count). The lowest BCUT2D eigenvalue weighted by atomic mass is 9.95. The van der Waals surface area contributed by atoms with Gasteiger partial charge in [0.2, 0.25) is 6.29 Å². The molecule has 1 amide bonds. The number of carbonyl (C=O) groups is 1. The second-order valence-corrected chi connectivity index (χ2v) is 7.03. The number of carbonyl (C=O) groups excluding carboxylic acids is 1. The van der Waals surface area contributed by atoms with E-state index in [1.807, 2.05) is 16.8 Å². The summed E-state index contributed by atoms with van der Waals surface area (Å²) in [5.41, 5.74) is 1.44. The highest BCUT2D eigenvalue weighted by molar-refractivity contribution is 7.08. The highest BCUT2D eigenvalue weighted by Crippen LogP contribution is 2.33. The maximum atomic E-state index is 12.7. The van der Waals surface area contributed by atoms with Crippen LogP contribution >= 0.6 is 11.3 Å². The number of thiophene rings is 1. The van der Waals surface area contributed by atoms with Gasteiger partial charge >= 0.3 is 0 Å². The van der Waals surface area contributed by atoms with Gasteiger partial charge < -0.3 is 25.0 Å². The van der Waals surface area contributed by atoms with Crippen LogP contribution in [0.5, 0.6) is 5.75 Å². The summed E-state index contributed by atoms with van der Waals surface area (Å²) >= 11 is 1.60. The molecular formula is C20H23NO5S. The maximum Gasteiger partial charge on any atom is 0.290 e. The molecule has 144 valence electrons. The number of benzene rings is 1. The number of para-hydroxylation sites is 2. The number of aliphatic hydroxyl groups is 1. The van der Waals surface area contributed by atoms with E-state index in [1.165, 1.54) is 6.07 Å². The van der Waals surface area contributed by atoms with Crippen molar-refractivity contribution in [1.29, 1.82) is 0 Å². The molecule has 27 heavy (non-hydrogen) atoms. The van der Waals surface area contributed by atoms with Crippen LogP contribution < -0.4 is 5.32 Å². The molecule has 3 N–H and O–H groups in total. The Bertz CT molecular complexity index is 774. The summed E-state index contributed by atoms with van der Waals surface area (Å²) in [6.07, 6.45) is 3.26. The number of allylic oxidation sites excluding steroid dienone is 1. The maximum absolute atomic E-state index is 12.7. The van der Waals surface area contributed by atoms with Crippen molar-refractivity contribution < 1.29 is 24.5 Å². The monoisotopic (exact) mass is 389 g/mol.